The summed E-state index contributed by atoms with van der Waals surface area (Å²) < 4.78 is 0. The highest BCUT2D eigenvalue weighted by Crippen LogP contribution is 2.26. The maximum absolute atomic E-state index is 9.89. The van der Waals surface area contributed by atoms with Crippen LogP contribution in [0.15, 0.2) is 0 Å². The molecule has 2 heteroatoms. The molecule has 0 aromatic carbocycles. The number of hydrogen-bond acceptors (Lipinski definition) is 2. The van der Waals surface area contributed by atoms with Crippen molar-refractivity contribution in [3.63, 3.8) is 0 Å². The highest BCUT2D eigenvalue weighted by molar-refractivity contribution is 4.85. The van der Waals surface area contributed by atoms with Gasteiger partial charge in [0.25, 0.3) is 0 Å². The Morgan fingerprint density at radius 3 is 2.27 bits per heavy atom. The molecule has 0 aromatic rings. The van der Waals surface area contributed by atoms with Crippen molar-refractivity contribution in [2.45, 2.75) is 76.5 Å². The highest BCUT2D eigenvalue weighted by Gasteiger charge is 2.26. The van der Waals surface area contributed by atoms with Crippen LogP contribution in [0.2, 0.25) is 0 Å². The zero-order valence-corrected chi connectivity index (χ0v) is 9.91. The molecule has 2 saturated carbocycles. The van der Waals surface area contributed by atoms with Crippen molar-refractivity contribution in [1.82, 2.24) is 5.32 Å². The van der Waals surface area contributed by atoms with Crippen LogP contribution in [0.25, 0.3) is 0 Å². The molecule has 0 aromatic heterocycles. The van der Waals surface area contributed by atoms with Crippen LogP contribution in [0.3, 0.4) is 0 Å². The lowest BCUT2D eigenvalue weighted by molar-refractivity contribution is 0.0801. The molecule has 0 heterocycles. The molecule has 2 atom stereocenters. The Kier molecular flexibility index (Phi) is 4.04. The maximum Gasteiger partial charge on any atom is 0.0693 e. The predicted octanol–water partition coefficient (Wildman–Crippen LogP) is 2.46. The summed E-state index contributed by atoms with van der Waals surface area (Å²) in [6, 6.07) is 1.07. The lowest BCUT2D eigenvalue weighted by Crippen LogP contribution is -2.48. The molecule has 0 amide bonds. The van der Waals surface area contributed by atoms with E-state index in [0.717, 1.165) is 12.3 Å². The first-order valence-corrected chi connectivity index (χ1v) is 6.70. The number of rotatable bonds is 2. The topological polar surface area (TPSA) is 32.3 Å². The zero-order chi connectivity index (χ0) is 10.7. The van der Waals surface area contributed by atoms with Gasteiger partial charge in [-0.05, 0) is 44.4 Å². The van der Waals surface area contributed by atoms with E-state index in [1.807, 2.05) is 0 Å². The van der Waals surface area contributed by atoms with Crippen molar-refractivity contribution in [3.8, 4) is 0 Å². The van der Waals surface area contributed by atoms with E-state index in [4.69, 9.17) is 0 Å². The molecule has 15 heavy (non-hydrogen) atoms. The van der Waals surface area contributed by atoms with Gasteiger partial charge in [-0.1, -0.05) is 19.8 Å². The molecule has 2 rings (SSSR count). The average molecular weight is 211 g/mol. The monoisotopic (exact) mass is 211 g/mol. The van der Waals surface area contributed by atoms with E-state index in [1.165, 1.54) is 44.9 Å². The second kappa shape index (κ2) is 5.31. The Bertz CT molecular complexity index is 187. The van der Waals surface area contributed by atoms with Crippen molar-refractivity contribution < 1.29 is 5.11 Å². The van der Waals surface area contributed by atoms with Gasteiger partial charge in [-0.25, -0.2) is 0 Å². The lowest BCUT2D eigenvalue weighted by Gasteiger charge is -2.35. The van der Waals surface area contributed by atoms with E-state index < -0.39 is 0 Å². The van der Waals surface area contributed by atoms with Gasteiger partial charge in [-0.15, -0.1) is 0 Å². The van der Waals surface area contributed by atoms with Crippen molar-refractivity contribution in [2.24, 2.45) is 5.92 Å². The summed E-state index contributed by atoms with van der Waals surface area (Å²) in [7, 11) is 0. The minimum Gasteiger partial charge on any atom is -0.392 e. The van der Waals surface area contributed by atoms with E-state index in [2.05, 4.69) is 12.2 Å². The maximum atomic E-state index is 9.89. The summed E-state index contributed by atoms with van der Waals surface area (Å²) in [6.45, 7) is 2.35. The smallest absolute Gasteiger partial charge is 0.0693 e. The third-order valence-corrected chi connectivity index (χ3v) is 4.20. The fraction of sp³-hybridized carbons (Fsp3) is 1.00. The molecule has 0 bridgehead atoms. The fourth-order valence-corrected chi connectivity index (χ4v) is 3.04. The molecule has 0 radical (unpaired) electrons. The van der Waals surface area contributed by atoms with E-state index in [0.29, 0.717) is 12.1 Å². The van der Waals surface area contributed by atoms with Crippen LogP contribution in [0.4, 0.5) is 0 Å². The van der Waals surface area contributed by atoms with E-state index in [-0.39, 0.29) is 6.10 Å². The SMILES string of the molecule is CC1CCC(N[C@@H]2CCCC[C@@H]2O)CC1. The van der Waals surface area contributed by atoms with E-state index in [1.54, 1.807) is 0 Å². The fourth-order valence-electron chi connectivity index (χ4n) is 3.04. The van der Waals surface area contributed by atoms with Crippen molar-refractivity contribution in [2.75, 3.05) is 0 Å². The molecule has 2 fully saturated rings. The number of hydrogen-bond donors (Lipinski definition) is 2. The molecular weight excluding hydrogens is 186 g/mol. The summed E-state index contributed by atoms with van der Waals surface area (Å²) in [4.78, 5) is 0. The molecule has 2 aliphatic rings. The van der Waals surface area contributed by atoms with Gasteiger partial charge in [0.1, 0.15) is 0 Å². The molecular formula is C13H25NO. The van der Waals surface area contributed by atoms with Crippen molar-refractivity contribution >= 4 is 0 Å². The standard InChI is InChI=1S/C13H25NO/c1-10-6-8-11(9-7-10)14-12-4-2-3-5-13(12)15/h10-15H,2-9H2,1H3/t10?,11?,12-,13+/m1/s1. The van der Waals surface area contributed by atoms with Gasteiger partial charge in [-0.2, -0.15) is 0 Å². The first-order chi connectivity index (χ1) is 7.25. The van der Waals surface area contributed by atoms with Gasteiger partial charge < -0.3 is 10.4 Å². The van der Waals surface area contributed by atoms with Crippen LogP contribution >= 0.6 is 0 Å². The zero-order valence-electron chi connectivity index (χ0n) is 9.91. The molecule has 0 saturated heterocycles. The van der Waals surface area contributed by atoms with Crippen molar-refractivity contribution in [1.29, 1.82) is 0 Å². The third-order valence-electron chi connectivity index (χ3n) is 4.20. The first-order valence-electron chi connectivity index (χ1n) is 6.70. The summed E-state index contributed by atoms with van der Waals surface area (Å²) in [5.41, 5.74) is 0. The van der Waals surface area contributed by atoms with Gasteiger partial charge in [0.2, 0.25) is 0 Å². The minimum absolute atomic E-state index is 0.0851. The van der Waals surface area contributed by atoms with Crippen LogP contribution in [0, 0.1) is 5.92 Å². The van der Waals surface area contributed by atoms with Crippen LogP contribution in [-0.2, 0) is 0 Å². The summed E-state index contributed by atoms with van der Waals surface area (Å²) in [5.74, 6) is 0.916. The molecule has 2 nitrogen and oxygen atoms in total. The van der Waals surface area contributed by atoms with Gasteiger partial charge >= 0.3 is 0 Å². The second-order valence-corrected chi connectivity index (χ2v) is 5.58. The number of aliphatic hydroxyl groups is 1. The van der Waals surface area contributed by atoms with Crippen LogP contribution in [-0.4, -0.2) is 23.3 Å². The number of nitrogens with one attached hydrogen (secondary N) is 1. The van der Waals surface area contributed by atoms with Crippen molar-refractivity contribution in [3.05, 3.63) is 0 Å². The minimum atomic E-state index is -0.0851. The largest absolute Gasteiger partial charge is 0.392 e. The van der Waals surface area contributed by atoms with Crippen LogP contribution < -0.4 is 5.32 Å². The first kappa shape index (κ1) is 11.4. The highest BCUT2D eigenvalue weighted by atomic mass is 16.3. The molecule has 88 valence electrons. The van der Waals surface area contributed by atoms with E-state index >= 15 is 0 Å². The summed E-state index contributed by atoms with van der Waals surface area (Å²) >= 11 is 0. The Balaban J connectivity index is 1.75. The number of aliphatic hydroxyl groups excluding tert-OH is 1. The lowest BCUT2D eigenvalue weighted by atomic mass is 9.85. The summed E-state index contributed by atoms with van der Waals surface area (Å²) in [6.07, 6.45) is 9.93. The summed E-state index contributed by atoms with van der Waals surface area (Å²) in [5, 5.41) is 13.6. The average Bonchev–Trinajstić information content (AvgIpc) is 2.25. The Morgan fingerprint density at radius 2 is 1.60 bits per heavy atom. The van der Waals surface area contributed by atoms with Gasteiger partial charge in [0, 0.05) is 12.1 Å². The molecule has 0 unspecified atom stereocenters. The Labute approximate surface area is 93.5 Å². The quantitative estimate of drug-likeness (QED) is 0.735. The second-order valence-electron chi connectivity index (χ2n) is 5.58. The normalized spacial score (nSPS) is 42.8. The molecule has 2 N–H and O–H groups in total. The molecule has 0 aliphatic heterocycles. The van der Waals surface area contributed by atoms with E-state index in [9.17, 15) is 5.11 Å². The molecule has 0 spiro atoms. The van der Waals surface area contributed by atoms with Gasteiger partial charge in [-0.3, -0.25) is 0 Å². The van der Waals surface area contributed by atoms with Crippen LogP contribution in [0.5, 0.6) is 0 Å². The molecule has 2 aliphatic carbocycles. The van der Waals surface area contributed by atoms with Crippen LogP contribution in [0.1, 0.15) is 58.3 Å². The van der Waals surface area contributed by atoms with Gasteiger partial charge in [0.05, 0.1) is 6.10 Å². The Hall–Kier alpha value is -0.0800. The Morgan fingerprint density at radius 1 is 0.933 bits per heavy atom. The predicted molar refractivity (Wildman–Crippen MR) is 62.8 cm³/mol. The van der Waals surface area contributed by atoms with Gasteiger partial charge in [0.15, 0.2) is 0 Å². The third kappa shape index (κ3) is 3.18.